The van der Waals surface area contributed by atoms with E-state index in [9.17, 15) is 14.0 Å². The lowest BCUT2D eigenvalue weighted by Gasteiger charge is -2.14. The molecule has 17 heavy (non-hydrogen) atoms. The predicted octanol–water partition coefficient (Wildman–Crippen LogP) is 1.51. The summed E-state index contributed by atoms with van der Waals surface area (Å²) in [7, 11) is 1.24. The van der Waals surface area contributed by atoms with Gasteiger partial charge in [0.1, 0.15) is 11.9 Å². The number of nitrogens with one attached hydrogen (secondary N) is 1. The summed E-state index contributed by atoms with van der Waals surface area (Å²) in [5, 5.41) is 2.42. The molecule has 0 fully saturated rings. The Bertz CT molecular complexity index is 420. The van der Waals surface area contributed by atoms with Gasteiger partial charge in [0, 0.05) is 0 Å². The molecule has 0 saturated carbocycles. The van der Waals surface area contributed by atoms with Gasteiger partial charge >= 0.3 is 5.97 Å². The Hall–Kier alpha value is -1.91. The Labute approximate surface area is 98.8 Å². The Morgan fingerprint density at radius 2 is 2.06 bits per heavy atom. The molecule has 0 aromatic heterocycles. The summed E-state index contributed by atoms with van der Waals surface area (Å²) in [6.07, 6.45) is 0.382. The van der Waals surface area contributed by atoms with E-state index >= 15 is 0 Å². The van der Waals surface area contributed by atoms with Crippen molar-refractivity contribution in [2.45, 2.75) is 19.4 Å². The molecular weight excluding hydrogens is 225 g/mol. The van der Waals surface area contributed by atoms with Crippen LogP contribution >= 0.6 is 0 Å². The molecule has 0 aliphatic heterocycles. The molecule has 92 valence electrons. The van der Waals surface area contributed by atoms with E-state index in [1.165, 1.54) is 25.3 Å². The first-order chi connectivity index (χ1) is 8.10. The van der Waals surface area contributed by atoms with Crippen LogP contribution in [-0.4, -0.2) is 25.0 Å². The number of benzene rings is 1. The normalized spacial score (nSPS) is 11.7. The summed E-state index contributed by atoms with van der Waals surface area (Å²) in [4.78, 5) is 23.0. The maximum atomic E-state index is 13.3. The first-order valence-corrected chi connectivity index (χ1v) is 5.23. The fourth-order valence-electron chi connectivity index (χ4n) is 1.35. The zero-order valence-electron chi connectivity index (χ0n) is 9.70. The third-order valence-electron chi connectivity index (χ3n) is 2.32. The molecule has 0 heterocycles. The van der Waals surface area contributed by atoms with Crippen molar-refractivity contribution in [3.63, 3.8) is 0 Å². The SMILES string of the molecule is CCC(NC(=O)c1ccccc1F)C(=O)OC. The molecule has 1 atom stereocenters. The largest absolute Gasteiger partial charge is 0.467 e. The number of hydrogen-bond donors (Lipinski definition) is 1. The van der Waals surface area contributed by atoms with Gasteiger partial charge in [-0.05, 0) is 18.6 Å². The van der Waals surface area contributed by atoms with Gasteiger partial charge in [-0.2, -0.15) is 0 Å². The average molecular weight is 239 g/mol. The number of halogens is 1. The van der Waals surface area contributed by atoms with E-state index in [4.69, 9.17) is 0 Å². The van der Waals surface area contributed by atoms with E-state index in [2.05, 4.69) is 10.1 Å². The van der Waals surface area contributed by atoms with Crippen molar-refractivity contribution >= 4 is 11.9 Å². The molecule has 0 aliphatic rings. The van der Waals surface area contributed by atoms with Gasteiger partial charge in [0.2, 0.25) is 0 Å². The maximum absolute atomic E-state index is 13.3. The van der Waals surface area contributed by atoms with Crippen LogP contribution in [0.4, 0.5) is 4.39 Å². The molecule has 0 radical (unpaired) electrons. The first kappa shape index (κ1) is 13.2. The number of hydrogen-bond acceptors (Lipinski definition) is 3. The summed E-state index contributed by atoms with van der Waals surface area (Å²) in [5.74, 6) is -1.79. The van der Waals surface area contributed by atoms with Crippen molar-refractivity contribution < 1.29 is 18.7 Å². The Kier molecular flexibility index (Phi) is 4.63. The van der Waals surface area contributed by atoms with Gasteiger partial charge in [0.05, 0.1) is 12.7 Å². The zero-order chi connectivity index (χ0) is 12.8. The lowest BCUT2D eigenvalue weighted by Crippen LogP contribution is -2.41. The third-order valence-corrected chi connectivity index (χ3v) is 2.32. The van der Waals surface area contributed by atoms with E-state index in [0.717, 1.165) is 0 Å². The van der Waals surface area contributed by atoms with Gasteiger partial charge in [-0.1, -0.05) is 19.1 Å². The highest BCUT2D eigenvalue weighted by molar-refractivity contribution is 5.96. The monoisotopic (exact) mass is 239 g/mol. The van der Waals surface area contributed by atoms with Gasteiger partial charge in [-0.3, -0.25) is 4.79 Å². The molecule has 0 aliphatic carbocycles. The molecule has 1 unspecified atom stereocenters. The van der Waals surface area contributed by atoms with Crippen LogP contribution < -0.4 is 5.32 Å². The molecule has 4 nitrogen and oxygen atoms in total. The summed E-state index contributed by atoms with van der Waals surface area (Å²) in [5.41, 5.74) is -0.0881. The highest BCUT2D eigenvalue weighted by Gasteiger charge is 2.21. The third kappa shape index (κ3) is 3.27. The lowest BCUT2D eigenvalue weighted by molar-refractivity contribution is -0.142. The molecule has 0 bridgehead atoms. The summed E-state index contributed by atoms with van der Waals surface area (Å²) >= 11 is 0. The minimum Gasteiger partial charge on any atom is -0.467 e. The molecular formula is C12H14FNO3. The van der Waals surface area contributed by atoms with Crippen LogP contribution in [0.1, 0.15) is 23.7 Å². The van der Waals surface area contributed by atoms with Crippen LogP contribution in [0.15, 0.2) is 24.3 Å². The number of ether oxygens (including phenoxy) is 1. The number of rotatable bonds is 4. The second-order valence-corrected chi connectivity index (χ2v) is 3.44. The number of amides is 1. The van der Waals surface area contributed by atoms with Crippen LogP contribution in [0.5, 0.6) is 0 Å². The predicted molar refractivity (Wildman–Crippen MR) is 60.0 cm³/mol. The molecule has 1 rings (SSSR count). The number of methoxy groups -OCH3 is 1. The number of esters is 1. The quantitative estimate of drug-likeness (QED) is 0.810. The zero-order valence-corrected chi connectivity index (χ0v) is 9.70. The van der Waals surface area contributed by atoms with E-state index in [1.54, 1.807) is 13.0 Å². The Morgan fingerprint density at radius 3 is 2.59 bits per heavy atom. The topological polar surface area (TPSA) is 55.4 Å². The van der Waals surface area contributed by atoms with Crippen LogP contribution in [0.2, 0.25) is 0 Å². The Balaban J connectivity index is 2.78. The highest BCUT2D eigenvalue weighted by Crippen LogP contribution is 2.07. The fraction of sp³-hybridized carbons (Fsp3) is 0.333. The second kappa shape index (κ2) is 5.98. The summed E-state index contributed by atoms with van der Waals surface area (Å²) in [6.45, 7) is 1.73. The van der Waals surface area contributed by atoms with Crippen molar-refractivity contribution in [1.82, 2.24) is 5.32 Å². The van der Waals surface area contributed by atoms with Crippen molar-refractivity contribution in [2.24, 2.45) is 0 Å². The molecule has 1 N–H and O–H groups in total. The van der Waals surface area contributed by atoms with E-state index < -0.39 is 23.7 Å². The fourth-order valence-corrected chi connectivity index (χ4v) is 1.35. The molecule has 0 saturated heterocycles. The van der Waals surface area contributed by atoms with Gasteiger partial charge in [0.25, 0.3) is 5.91 Å². The van der Waals surface area contributed by atoms with Crippen LogP contribution in [-0.2, 0) is 9.53 Å². The maximum Gasteiger partial charge on any atom is 0.328 e. The van der Waals surface area contributed by atoms with E-state index in [1.807, 2.05) is 0 Å². The lowest BCUT2D eigenvalue weighted by atomic mass is 10.1. The van der Waals surface area contributed by atoms with Gasteiger partial charge in [-0.25, -0.2) is 9.18 Å². The minimum absolute atomic E-state index is 0.0881. The number of carbonyl (C=O) groups is 2. The van der Waals surface area contributed by atoms with Gasteiger partial charge < -0.3 is 10.1 Å². The molecule has 0 spiro atoms. The van der Waals surface area contributed by atoms with Gasteiger partial charge in [0.15, 0.2) is 0 Å². The van der Waals surface area contributed by atoms with Gasteiger partial charge in [-0.15, -0.1) is 0 Å². The molecule has 1 amide bonds. The first-order valence-electron chi connectivity index (χ1n) is 5.23. The van der Waals surface area contributed by atoms with Crippen molar-refractivity contribution in [3.05, 3.63) is 35.6 Å². The molecule has 1 aromatic carbocycles. The van der Waals surface area contributed by atoms with Crippen molar-refractivity contribution in [3.8, 4) is 0 Å². The van der Waals surface area contributed by atoms with Crippen LogP contribution in [0, 0.1) is 5.82 Å². The second-order valence-electron chi connectivity index (χ2n) is 3.44. The summed E-state index contributed by atoms with van der Waals surface area (Å²) < 4.78 is 17.8. The smallest absolute Gasteiger partial charge is 0.328 e. The van der Waals surface area contributed by atoms with Crippen molar-refractivity contribution in [1.29, 1.82) is 0 Å². The van der Waals surface area contributed by atoms with Crippen LogP contribution in [0.3, 0.4) is 0 Å². The van der Waals surface area contributed by atoms with E-state index in [-0.39, 0.29) is 5.56 Å². The number of carbonyl (C=O) groups excluding carboxylic acids is 2. The van der Waals surface area contributed by atoms with E-state index in [0.29, 0.717) is 6.42 Å². The molecule has 5 heteroatoms. The summed E-state index contributed by atoms with van der Waals surface area (Å²) in [6, 6.07) is 4.83. The Morgan fingerprint density at radius 1 is 1.41 bits per heavy atom. The minimum atomic E-state index is -0.757. The highest BCUT2D eigenvalue weighted by atomic mass is 19.1. The standard InChI is InChI=1S/C12H14FNO3/c1-3-10(12(16)17-2)14-11(15)8-6-4-5-7-9(8)13/h4-7,10H,3H2,1-2H3,(H,14,15). The molecule has 1 aromatic rings. The van der Waals surface area contributed by atoms with Crippen molar-refractivity contribution in [2.75, 3.05) is 7.11 Å². The average Bonchev–Trinajstić information content (AvgIpc) is 2.35. The van der Waals surface area contributed by atoms with Crippen LogP contribution in [0.25, 0.3) is 0 Å².